The Bertz CT molecular complexity index is 264. The Morgan fingerprint density at radius 2 is 1.68 bits per heavy atom. The minimum atomic E-state index is -0.447. The van der Waals surface area contributed by atoms with E-state index in [-0.39, 0.29) is 17.3 Å². The molecule has 0 aromatic rings. The van der Waals surface area contributed by atoms with E-state index in [1.807, 2.05) is 20.8 Å². The van der Waals surface area contributed by atoms with Crippen LogP contribution in [0.25, 0.3) is 0 Å². The van der Waals surface area contributed by atoms with Gasteiger partial charge in [0.2, 0.25) is 0 Å². The third kappa shape index (κ3) is 9.04. The first kappa shape index (κ1) is 18.4. The van der Waals surface area contributed by atoms with Crippen molar-refractivity contribution >= 4 is 5.97 Å². The van der Waals surface area contributed by atoms with Crippen LogP contribution in [-0.4, -0.2) is 11.6 Å². The molecule has 0 bridgehead atoms. The van der Waals surface area contributed by atoms with Crippen LogP contribution < -0.4 is 0 Å². The van der Waals surface area contributed by atoms with Crippen LogP contribution in [0.1, 0.15) is 80.6 Å². The fourth-order valence-electron chi connectivity index (χ4n) is 2.47. The molecule has 0 amide bonds. The minimum Gasteiger partial charge on any atom is -0.298 e. The van der Waals surface area contributed by atoms with E-state index in [4.69, 9.17) is 9.78 Å². The molecule has 0 heterocycles. The standard InChI is InChI=1S/C16H32O3/c1-8-10-11-13(9-2)14(17)18-19-16(6,7)12-15(3,4)5/h13H,8-12H2,1-7H3/t13-/m0/s1. The highest BCUT2D eigenvalue weighted by Gasteiger charge is 2.30. The van der Waals surface area contributed by atoms with E-state index in [2.05, 4.69) is 27.7 Å². The van der Waals surface area contributed by atoms with Crippen molar-refractivity contribution in [1.82, 2.24) is 0 Å². The maximum absolute atomic E-state index is 11.9. The highest BCUT2D eigenvalue weighted by molar-refractivity contribution is 5.71. The van der Waals surface area contributed by atoms with Crippen molar-refractivity contribution in [2.75, 3.05) is 0 Å². The summed E-state index contributed by atoms with van der Waals surface area (Å²) in [5.41, 5.74) is -0.306. The molecule has 114 valence electrons. The van der Waals surface area contributed by atoms with Gasteiger partial charge in [0.05, 0.1) is 5.92 Å². The molecule has 0 unspecified atom stereocenters. The van der Waals surface area contributed by atoms with Crippen LogP contribution in [0.4, 0.5) is 0 Å². The molecule has 0 N–H and O–H groups in total. The van der Waals surface area contributed by atoms with Crippen LogP contribution in [0, 0.1) is 11.3 Å². The Labute approximate surface area is 119 Å². The average Bonchev–Trinajstić information content (AvgIpc) is 2.24. The van der Waals surface area contributed by atoms with E-state index in [1.165, 1.54) is 0 Å². The first-order valence-electron chi connectivity index (χ1n) is 7.51. The molecule has 0 rings (SSSR count). The van der Waals surface area contributed by atoms with E-state index in [9.17, 15) is 4.79 Å². The Kier molecular flexibility index (Phi) is 7.65. The summed E-state index contributed by atoms with van der Waals surface area (Å²) in [7, 11) is 0. The fraction of sp³-hybridized carbons (Fsp3) is 0.938. The van der Waals surface area contributed by atoms with Crippen molar-refractivity contribution < 1.29 is 14.6 Å². The van der Waals surface area contributed by atoms with Crippen molar-refractivity contribution in [1.29, 1.82) is 0 Å². The number of unbranched alkanes of at least 4 members (excludes halogenated alkanes) is 1. The van der Waals surface area contributed by atoms with Gasteiger partial charge in [0.1, 0.15) is 5.60 Å². The van der Waals surface area contributed by atoms with Gasteiger partial charge >= 0.3 is 5.97 Å². The van der Waals surface area contributed by atoms with Crippen LogP contribution in [-0.2, 0) is 14.6 Å². The summed E-state index contributed by atoms with van der Waals surface area (Å²) in [5, 5.41) is 0. The number of hydrogen-bond acceptors (Lipinski definition) is 3. The van der Waals surface area contributed by atoms with Gasteiger partial charge in [-0.15, -0.1) is 0 Å². The number of carbonyl (C=O) groups excluding carboxylic acids is 1. The summed E-state index contributed by atoms with van der Waals surface area (Å²) in [6.45, 7) is 14.5. The first-order valence-corrected chi connectivity index (χ1v) is 7.51. The Hall–Kier alpha value is -0.570. The monoisotopic (exact) mass is 272 g/mol. The second kappa shape index (κ2) is 7.88. The van der Waals surface area contributed by atoms with E-state index >= 15 is 0 Å². The second-order valence-electron chi connectivity index (χ2n) is 7.23. The molecule has 3 nitrogen and oxygen atoms in total. The van der Waals surface area contributed by atoms with Gasteiger partial charge in [-0.2, -0.15) is 4.89 Å². The zero-order valence-corrected chi connectivity index (χ0v) is 13.8. The van der Waals surface area contributed by atoms with Crippen molar-refractivity contribution in [3.05, 3.63) is 0 Å². The van der Waals surface area contributed by atoms with E-state index in [0.29, 0.717) is 0 Å². The number of hydrogen-bond donors (Lipinski definition) is 0. The molecular formula is C16H32O3. The second-order valence-corrected chi connectivity index (χ2v) is 7.23. The minimum absolute atomic E-state index is 0.0367. The normalized spacial score (nSPS) is 14.3. The van der Waals surface area contributed by atoms with Gasteiger partial charge in [-0.25, -0.2) is 4.79 Å². The van der Waals surface area contributed by atoms with Crippen LogP contribution in [0.2, 0.25) is 0 Å². The van der Waals surface area contributed by atoms with Crippen molar-refractivity contribution in [3.8, 4) is 0 Å². The lowest BCUT2D eigenvalue weighted by molar-refractivity contribution is -0.332. The topological polar surface area (TPSA) is 35.5 Å². The summed E-state index contributed by atoms with van der Waals surface area (Å²) in [5.74, 6) is -0.261. The van der Waals surface area contributed by atoms with Gasteiger partial charge in [-0.1, -0.05) is 47.5 Å². The zero-order chi connectivity index (χ0) is 15.1. The maximum atomic E-state index is 11.9. The summed E-state index contributed by atoms with van der Waals surface area (Å²) in [6.07, 6.45) is 4.68. The molecule has 0 aliphatic heterocycles. The van der Waals surface area contributed by atoms with Crippen molar-refractivity contribution in [2.24, 2.45) is 11.3 Å². The van der Waals surface area contributed by atoms with Gasteiger partial charge in [0.15, 0.2) is 0 Å². The lowest BCUT2D eigenvalue weighted by atomic mass is 9.84. The van der Waals surface area contributed by atoms with Gasteiger partial charge in [0, 0.05) is 0 Å². The van der Waals surface area contributed by atoms with Crippen LogP contribution >= 0.6 is 0 Å². The first-order chi connectivity index (χ1) is 8.61. The largest absolute Gasteiger partial charge is 0.345 e. The summed E-state index contributed by atoms with van der Waals surface area (Å²) in [4.78, 5) is 22.4. The average molecular weight is 272 g/mol. The van der Waals surface area contributed by atoms with Crippen LogP contribution in [0.15, 0.2) is 0 Å². The van der Waals surface area contributed by atoms with Gasteiger partial charge < -0.3 is 0 Å². The smallest absolute Gasteiger partial charge is 0.298 e. The molecular weight excluding hydrogens is 240 g/mol. The number of carbonyl (C=O) groups is 1. The predicted molar refractivity (Wildman–Crippen MR) is 78.6 cm³/mol. The zero-order valence-electron chi connectivity index (χ0n) is 13.8. The number of rotatable bonds is 8. The quantitative estimate of drug-likeness (QED) is 0.466. The summed E-state index contributed by atoms with van der Waals surface area (Å²) in [6, 6.07) is 0. The summed E-state index contributed by atoms with van der Waals surface area (Å²) >= 11 is 0. The van der Waals surface area contributed by atoms with Crippen LogP contribution in [0.5, 0.6) is 0 Å². The SMILES string of the molecule is CCCC[C@H](CC)C(=O)OOC(C)(C)CC(C)(C)C. The molecule has 0 aliphatic carbocycles. The Balaban J connectivity index is 4.25. The molecule has 0 aromatic carbocycles. The van der Waals surface area contributed by atoms with Crippen molar-refractivity contribution in [2.45, 2.75) is 86.2 Å². The van der Waals surface area contributed by atoms with Crippen LogP contribution in [0.3, 0.4) is 0 Å². The van der Waals surface area contributed by atoms with E-state index in [0.717, 1.165) is 32.1 Å². The highest BCUT2D eigenvalue weighted by atomic mass is 17.2. The van der Waals surface area contributed by atoms with Gasteiger partial charge in [-0.3, -0.25) is 4.89 Å². The third-order valence-electron chi connectivity index (χ3n) is 3.04. The highest BCUT2D eigenvalue weighted by Crippen LogP contribution is 2.30. The molecule has 3 heteroatoms. The molecule has 1 atom stereocenters. The molecule has 0 aliphatic rings. The molecule has 19 heavy (non-hydrogen) atoms. The lowest BCUT2D eigenvalue weighted by Crippen LogP contribution is -2.32. The predicted octanol–water partition coefficient (Wildman–Crippen LogP) is 4.89. The molecule has 0 saturated carbocycles. The summed E-state index contributed by atoms with van der Waals surface area (Å²) < 4.78 is 0. The molecule has 0 spiro atoms. The maximum Gasteiger partial charge on any atom is 0.345 e. The van der Waals surface area contributed by atoms with Crippen molar-refractivity contribution in [3.63, 3.8) is 0 Å². The van der Waals surface area contributed by atoms with E-state index in [1.54, 1.807) is 0 Å². The fourth-order valence-corrected chi connectivity index (χ4v) is 2.47. The molecule has 0 aromatic heterocycles. The van der Waals surface area contributed by atoms with Gasteiger partial charge in [-0.05, 0) is 38.5 Å². The molecule has 0 fully saturated rings. The molecule has 0 saturated heterocycles. The van der Waals surface area contributed by atoms with E-state index < -0.39 is 5.60 Å². The van der Waals surface area contributed by atoms with Gasteiger partial charge in [0.25, 0.3) is 0 Å². The Morgan fingerprint density at radius 1 is 1.11 bits per heavy atom. The third-order valence-corrected chi connectivity index (χ3v) is 3.04. The Morgan fingerprint density at radius 3 is 2.11 bits per heavy atom. The molecule has 0 radical (unpaired) electrons. The lowest BCUT2D eigenvalue weighted by Gasteiger charge is -2.30.